The molecular weight excluding hydrogens is 432 g/mol. The zero-order valence-electron chi connectivity index (χ0n) is 16.6. The number of ether oxygens (including phenoxy) is 1. The molecule has 0 unspecified atom stereocenters. The minimum Gasteiger partial charge on any atom is -0.497 e. The quantitative estimate of drug-likeness (QED) is 0.193. The average Bonchev–Trinajstić information content (AvgIpc) is 3.28. The maximum Gasteiger partial charge on any atom is 0.345 e. The second-order valence-electron chi connectivity index (χ2n) is 6.51. The fourth-order valence-electron chi connectivity index (χ4n) is 2.93. The van der Waals surface area contributed by atoms with E-state index in [9.17, 15) is 20.2 Å². The minimum absolute atomic E-state index is 0.116. The molecule has 0 spiro atoms. The lowest BCUT2D eigenvalue weighted by atomic mass is 10.1. The number of allylic oxidation sites excluding steroid dienone is 1. The SMILES string of the molecule is COc1cccc(N/C=C(\C#N)c2nc(-c3cc4cc([N+](=O)[O-])ccc4oc3=O)cs2)c1. The van der Waals surface area contributed by atoms with Gasteiger partial charge in [0.15, 0.2) is 0 Å². The number of rotatable bonds is 6. The third-order valence-corrected chi connectivity index (χ3v) is 5.39. The first-order valence-electron chi connectivity index (χ1n) is 9.18. The van der Waals surface area contributed by atoms with Gasteiger partial charge >= 0.3 is 5.63 Å². The number of nitrogens with zero attached hydrogens (tertiary/aromatic N) is 3. The lowest BCUT2D eigenvalue weighted by Crippen LogP contribution is -2.03. The molecule has 0 bridgehead atoms. The smallest absolute Gasteiger partial charge is 0.345 e. The van der Waals surface area contributed by atoms with E-state index in [4.69, 9.17) is 9.15 Å². The number of thiazole rings is 1. The lowest BCUT2D eigenvalue weighted by molar-refractivity contribution is -0.384. The van der Waals surface area contributed by atoms with Gasteiger partial charge in [0.2, 0.25) is 0 Å². The second kappa shape index (κ2) is 8.71. The highest BCUT2D eigenvalue weighted by Gasteiger charge is 2.15. The maximum atomic E-state index is 12.4. The van der Waals surface area contributed by atoms with E-state index in [1.165, 1.54) is 41.8 Å². The highest BCUT2D eigenvalue weighted by atomic mass is 32.1. The fraction of sp³-hybridized carbons (Fsp3) is 0.0455. The number of hydrogen-bond acceptors (Lipinski definition) is 9. The molecule has 1 N–H and O–H groups in total. The zero-order chi connectivity index (χ0) is 22.7. The molecule has 0 radical (unpaired) electrons. The Balaban J connectivity index is 1.66. The Morgan fingerprint density at radius 2 is 2.16 bits per heavy atom. The van der Waals surface area contributed by atoms with Crippen molar-refractivity contribution in [2.45, 2.75) is 0 Å². The second-order valence-corrected chi connectivity index (χ2v) is 7.37. The minimum atomic E-state index is -0.625. The van der Waals surface area contributed by atoms with Gasteiger partial charge in [0, 0.05) is 40.9 Å². The Hall–Kier alpha value is -4.49. The van der Waals surface area contributed by atoms with Crippen molar-refractivity contribution in [1.82, 2.24) is 4.98 Å². The van der Waals surface area contributed by atoms with Crippen molar-refractivity contribution in [3.63, 3.8) is 0 Å². The first kappa shape index (κ1) is 20.8. The van der Waals surface area contributed by atoms with E-state index in [1.54, 1.807) is 24.6 Å². The van der Waals surface area contributed by atoms with Gasteiger partial charge in [-0.25, -0.2) is 9.78 Å². The van der Waals surface area contributed by atoms with Crippen molar-refractivity contribution in [2.75, 3.05) is 12.4 Å². The van der Waals surface area contributed by atoms with E-state index in [0.717, 1.165) is 5.69 Å². The summed E-state index contributed by atoms with van der Waals surface area (Å²) < 4.78 is 10.5. The zero-order valence-corrected chi connectivity index (χ0v) is 17.4. The Morgan fingerprint density at radius 3 is 2.91 bits per heavy atom. The normalized spacial score (nSPS) is 11.2. The molecule has 2 heterocycles. The van der Waals surface area contributed by atoms with Crippen LogP contribution in [0.3, 0.4) is 0 Å². The molecule has 4 rings (SSSR count). The number of non-ortho nitro benzene ring substituents is 1. The Morgan fingerprint density at radius 1 is 1.31 bits per heavy atom. The number of nitriles is 1. The number of hydrogen-bond donors (Lipinski definition) is 1. The molecule has 0 amide bonds. The van der Waals surface area contributed by atoms with Gasteiger partial charge in [-0.1, -0.05) is 6.07 Å². The summed E-state index contributed by atoms with van der Waals surface area (Å²) in [7, 11) is 1.56. The fourth-order valence-corrected chi connectivity index (χ4v) is 3.72. The first-order chi connectivity index (χ1) is 15.5. The topological polar surface area (TPSA) is 131 Å². The summed E-state index contributed by atoms with van der Waals surface area (Å²) in [6.07, 6.45) is 1.52. The van der Waals surface area contributed by atoms with Crippen LogP contribution in [0.5, 0.6) is 5.75 Å². The van der Waals surface area contributed by atoms with Crippen LogP contribution in [0.4, 0.5) is 11.4 Å². The molecule has 0 atom stereocenters. The first-order valence-corrected chi connectivity index (χ1v) is 10.1. The number of nitro benzene ring substituents is 1. The highest BCUT2D eigenvalue weighted by molar-refractivity contribution is 7.11. The maximum absolute atomic E-state index is 12.4. The molecule has 2 aromatic carbocycles. The van der Waals surface area contributed by atoms with Crippen LogP contribution in [-0.2, 0) is 0 Å². The van der Waals surface area contributed by atoms with Gasteiger partial charge in [-0.2, -0.15) is 5.26 Å². The van der Waals surface area contributed by atoms with Crippen LogP contribution in [0.25, 0.3) is 27.8 Å². The monoisotopic (exact) mass is 446 g/mol. The molecule has 0 aliphatic rings. The number of fused-ring (bicyclic) bond motifs is 1. The van der Waals surface area contributed by atoms with Crippen molar-refractivity contribution in [3.05, 3.63) is 85.7 Å². The Kier molecular flexibility index (Phi) is 5.65. The molecule has 32 heavy (non-hydrogen) atoms. The molecule has 0 aliphatic heterocycles. The number of methoxy groups -OCH3 is 1. The molecule has 2 aromatic heterocycles. The number of aromatic nitrogens is 1. The van der Waals surface area contributed by atoms with Gasteiger partial charge in [-0.05, 0) is 24.3 Å². The van der Waals surface area contributed by atoms with E-state index >= 15 is 0 Å². The number of anilines is 1. The number of nitro groups is 1. The molecule has 0 aliphatic carbocycles. The average molecular weight is 446 g/mol. The molecule has 0 saturated carbocycles. The molecule has 0 fully saturated rings. The van der Waals surface area contributed by atoms with Crippen LogP contribution in [0.15, 0.2) is 69.3 Å². The van der Waals surface area contributed by atoms with Gasteiger partial charge in [-0.3, -0.25) is 10.1 Å². The molecule has 4 aromatic rings. The lowest BCUT2D eigenvalue weighted by Gasteiger charge is -2.04. The summed E-state index contributed by atoms with van der Waals surface area (Å²) in [5.41, 5.74) is 0.957. The van der Waals surface area contributed by atoms with E-state index in [2.05, 4.69) is 16.4 Å². The van der Waals surface area contributed by atoms with E-state index < -0.39 is 10.5 Å². The summed E-state index contributed by atoms with van der Waals surface area (Å²) >= 11 is 1.19. The van der Waals surface area contributed by atoms with Crippen molar-refractivity contribution in [1.29, 1.82) is 5.26 Å². The predicted molar refractivity (Wildman–Crippen MR) is 120 cm³/mol. The largest absolute Gasteiger partial charge is 0.497 e. The Bertz CT molecular complexity index is 1470. The van der Waals surface area contributed by atoms with Crippen LogP contribution in [0.1, 0.15) is 5.01 Å². The van der Waals surface area contributed by atoms with Gasteiger partial charge in [-0.15, -0.1) is 11.3 Å². The van der Waals surface area contributed by atoms with Crippen LogP contribution < -0.4 is 15.7 Å². The van der Waals surface area contributed by atoms with Crippen LogP contribution >= 0.6 is 11.3 Å². The van der Waals surface area contributed by atoms with Crippen molar-refractivity contribution < 1.29 is 14.1 Å². The molecular formula is C22H14N4O5S. The van der Waals surface area contributed by atoms with Crippen molar-refractivity contribution in [3.8, 4) is 23.1 Å². The van der Waals surface area contributed by atoms with E-state index in [-0.39, 0.29) is 22.4 Å². The van der Waals surface area contributed by atoms with Gasteiger partial charge < -0.3 is 14.5 Å². The number of nitrogens with one attached hydrogen (secondary N) is 1. The van der Waals surface area contributed by atoms with Crippen molar-refractivity contribution >= 4 is 39.3 Å². The van der Waals surface area contributed by atoms with Crippen LogP contribution in [-0.4, -0.2) is 17.0 Å². The van der Waals surface area contributed by atoms with Crippen LogP contribution in [0, 0.1) is 21.4 Å². The summed E-state index contributed by atoms with van der Waals surface area (Å²) in [6, 6.07) is 14.8. The summed E-state index contributed by atoms with van der Waals surface area (Å²) in [6.45, 7) is 0. The summed E-state index contributed by atoms with van der Waals surface area (Å²) in [4.78, 5) is 27.3. The van der Waals surface area contributed by atoms with Gasteiger partial charge in [0.05, 0.1) is 23.3 Å². The third-order valence-electron chi connectivity index (χ3n) is 4.51. The van der Waals surface area contributed by atoms with Crippen molar-refractivity contribution in [2.24, 2.45) is 0 Å². The molecule has 0 saturated heterocycles. The summed E-state index contributed by atoms with van der Waals surface area (Å²) in [5.74, 6) is 0.668. The molecule has 158 valence electrons. The highest BCUT2D eigenvalue weighted by Crippen LogP contribution is 2.28. The van der Waals surface area contributed by atoms with Gasteiger partial charge in [0.1, 0.15) is 28.0 Å². The predicted octanol–water partition coefficient (Wildman–Crippen LogP) is 4.81. The van der Waals surface area contributed by atoms with Crippen LogP contribution in [0.2, 0.25) is 0 Å². The van der Waals surface area contributed by atoms with Gasteiger partial charge in [0.25, 0.3) is 5.69 Å². The molecule has 10 heteroatoms. The molecule has 9 nitrogen and oxygen atoms in total. The third kappa shape index (κ3) is 4.19. The Labute approximate surface area is 185 Å². The van der Waals surface area contributed by atoms with E-state index in [0.29, 0.717) is 21.8 Å². The summed E-state index contributed by atoms with van der Waals surface area (Å²) in [5, 5.41) is 26.0. The van der Waals surface area contributed by atoms with E-state index in [1.807, 2.05) is 12.1 Å². The standard InChI is InChI=1S/C22H14N4O5S/c1-30-17-4-2-3-15(9-17)24-11-14(10-23)21-25-19(12-32-21)18-8-13-7-16(26(28)29)5-6-20(13)31-22(18)27/h2-9,11-12,24H,1H3/b14-11+. The number of benzene rings is 2.